The number of aliphatic hydroxyl groups excluding tert-OH is 1. The number of carbonyl (C=O) groups is 2. The Morgan fingerprint density at radius 2 is 1.67 bits per heavy atom. The maximum absolute atomic E-state index is 12.1. The van der Waals surface area contributed by atoms with Crippen LogP contribution in [0.15, 0.2) is 48.5 Å². The van der Waals surface area contributed by atoms with Crippen LogP contribution in [0.25, 0.3) is 11.1 Å². The van der Waals surface area contributed by atoms with E-state index in [2.05, 4.69) is 5.32 Å². The number of amides is 1. The van der Waals surface area contributed by atoms with E-state index in [1.807, 2.05) is 48.5 Å². The molecule has 1 unspecified atom stereocenters. The fraction of sp³-hybridized carbons (Fsp3) is 0.300. The van der Waals surface area contributed by atoms with E-state index >= 15 is 0 Å². The van der Waals surface area contributed by atoms with Crippen LogP contribution in [0.5, 0.6) is 0 Å². The van der Waals surface area contributed by atoms with Crippen LogP contribution in [-0.2, 0) is 9.53 Å². The molecule has 1 atom stereocenters. The second kappa shape index (κ2) is 8.92. The molecule has 7 heteroatoms. The summed E-state index contributed by atoms with van der Waals surface area (Å²) in [5.74, 6) is -0.625. The minimum Gasteiger partial charge on any atom is -0.480 e. The SMILES string of the molecule is O=C(NC(CSCCO)C(=O)O)OCC1c2ccccc2-c2ccccc21. The Balaban J connectivity index is 1.64. The third-order valence-corrected chi connectivity index (χ3v) is 5.49. The normalized spacial score (nSPS) is 13.5. The summed E-state index contributed by atoms with van der Waals surface area (Å²) in [4.78, 5) is 23.4. The Kier molecular flexibility index (Phi) is 6.36. The lowest BCUT2D eigenvalue weighted by molar-refractivity contribution is -0.138. The molecule has 0 saturated heterocycles. The zero-order valence-electron chi connectivity index (χ0n) is 14.6. The number of hydrogen-bond acceptors (Lipinski definition) is 5. The number of thioether (sulfide) groups is 1. The molecule has 3 rings (SSSR count). The largest absolute Gasteiger partial charge is 0.480 e. The smallest absolute Gasteiger partial charge is 0.407 e. The Bertz CT molecular complexity index is 780. The summed E-state index contributed by atoms with van der Waals surface area (Å²) in [6, 6.07) is 14.9. The quantitative estimate of drug-likeness (QED) is 0.603. The minimum atomic E-state index is -1.13. The monoisotopic (exact) mass is 387 g/mol. The van der Waals surface area contributed by atoms with E-state index in [4.69, 9.17) is 9.84 Å². The standard InChI is InChI=1S/C20H21NO5S/c22-9-10-27-12-18(19(23)24)21-20(25)26-11-17-15-7-3-1-5-13(15)14-6-2-4-8-16(14)17/h1-8,17-18,22H,9-12H2,(H,21,25)(H,23,24). The van der Waals surface area contributed by atoms with E-state index in [0.717, 1.165) is 22.3 Å². The van der Waals surface area contributed by atoms with Gasteiger partial charge in [0.1, 0.15) is 12.6 Å². The van der Waals surface area contributed by atoms with Gasteiger partial charge in [-0.05, 0) is 22.3 Å². The number of carbonyl (C=O) groups excluding carboxylic acids is 1. The maximum atomic E-state index is 12.1. The highest BCUT2D eigenvalue weighted by atomic mass is 32.2. The molecule has 0 bridgehead atoms. The minimum absolute atomic E-state index is 0.0397. The van der Waals surface area contributed by atoms with Crippen molar-refractivity contribution in [3.05, 3.63) is 59.7 Å². The van der Waals surface area contributed by atoms with Crippen LogP contribution < -0.4 is 5.32 Å². The van der Waals surface area contributed by atoms with E-state index in [0.29, 0.717) is 5.75 Å². The van der Waals surface area contributed by atoms with Crippen molar-refractivity contribution < 1.29 is 24.5 Å². The molecule has 0 spiro atoms. The van der Waals surface area contributed by atoms with Gasteiger partial charge in [0.2, 0.25) is 0 Å². The maximum Gasteiger partial charge on any atom is 0.407 e. The molecule has 2 aromatic carbocycles. The van der Waals surface area contributed by atoms with Gasteiger partial charge in [-0.15, -0.1) is 0 Å². The summed E-state index contributed by atoms with van der Waals surface area (Å²) < 4.78 is 5.35. The van der Waals surface area contributed by atoms with Gasteiger partial charge in [0.15, 0.2) is 0 Å². The van der Waals surface area contributed by atoms with Crippen molar-refractivity contribution in [2.45, 2.75) is 12.0 Å². The number of alkyl carbamates (subject to hydrolysis) is 1. The highest BCUT2D eigenvalue weighted by molar-refractivity contribution is 7.99. The number of hydrogen-bond donors (Lipinski definition) is 3. The number of fused-ring (bicyclic) bond motifs is 3. The summed E-state index contributed by atoms with van der Waals surface area (Å²) in [5.41, 5.74) is 4.46. The Hall–Kier alpha value is -2.51. The lowest BCUT2D eigenvalue weighted by Gasteiger charge is -2.17. The summed E-state index contributed by atoms with van der Waals surface area (Å²) in [6.45, 7) is 0.0952. The van der Waals surface area contributed by atoms with Gasteiger partial charge >= 0.3 is 12.1 Å². The zero-order valence-corrected chi connectivity index (χ0v) is 15.4. The summed E-state index contributed by atoms with van der Waals surface area (Å²) in [6.07, 6.45) is -0.756. The van der Waals surface area contributed by atoms with Crippen LogP contribution >= 0.6 is 11.8 Å². The van der Waals surface area contributed by atoms with E-state index in [1.165, 1.54) is 11.8 Å². The number of aliphatic hydroxyl groups is 1. The molecule has 0 aliphatic heterocycles. The Morgan fingerprint density at radius 3 is 2.22 bits per heavy atom. The molecular formula is C20H21NO5S. The van der Waals surface area contributed by atoms with Crippen molar-refractivity contribution in [2.75, 3.05) is 24.7 Å². The number of carboxylic acids is 1. The molecule has 0 heterocycles. The molecule has 6 nitrogen and oxygen atoms in total. The average Bonchev–Trinajstić information content (AvgIpc) is 2.99. The molecule has 0 fully saturated rings. The molecule has 1 amide bonds. The lowest BCUT2D eigenvalue weighted by Crippen LogP contribution is -2.43. The van der Waals surface area contributed by atoms with Crippen molar-refractivity contribution in [1.29, 1.82) is 0 Å². The van der Waals surface area contributed by atoms with Crippen molar-refractivity contribution in [1.82, 2.24) is 5.32 Å². The van der Waals surface area contributed by atoms with Crippen LogP contribution in [-0.4, -0.2) is 53.0 Å². The van der Waals surface area contributed by atoms with Gasteiger partial charge in [0.05, 0.1) is 6.61 Å². The number of aliphatic carboxylic acids is 1. The van der Waals surface area contributed by atoms with Gasteiger partial charge in [0, 0.05) is 17.4 Å². The molecule has 0 radical (unpaired) electrons. The average molecular weight is 387 g/mol. The van der Waals surface area contributed by atoms with Crippen LogP contribution in [0, 0.1) is 0 Å². The number of nitrogens with one attached hydrogen (secondary N) is 1. The van der Waals surface area contributed by atoms with Crippen molar-refractivity contribution in [3.8, 4) is 11.1 Å². The first-order chi connectivity index (χ1) is 13.1. The predicted molar refractivity (Wildman–Crippen MR) is 104 cm³/mol. The molecule has 0 saturated carbocycles. The molecule has 27 heavy (non-hydrogen) atoms. The van der Waals surface area contributed by atoms with Crippen LogP contribution in [0.3, 0.4) is 0 Å². The predicted octanol–water partition coefficient (Wildman–Crippen LogP) is 2.70. The summed E-state index contributed by atoms with van der Waals surface area (Å²) in [5, 5.41) is 20.4. The molecule has 3 N–H and O–H groups in total. The van der Waals surface area contributed by atoms with Gasteiger partial charge in [0.25, 0.3) is 0 Å². The molecule has 2 aromatic rings. The van der Waals surface area contributed by atoms with E-state index in [9.17, 15) is 14.7 Å². The van der Waals surface area contributed by atoms with Gasteiger partial charge in [-0.1, -0.05) is 48.5 Å². The van der Waals surface area contributed by atoms with Crippen molar-refractivity contribution in [2.24, 2.45) is 0 Å². The Labute approximate surface area is 161 Å². The van der Waals surface area contributed by atoms with Gasteiger partial charge in [-0.25, -0.2) is 9.59 Å². The zero-order chi connectivity index (χ0) is 19.2. The van der Waals surface area contributed by atoms with E-state index in [-0.39, 0.29) is 24.9 Å². The van der Waals surface area contributed by atoms with Gasteiger partial charge < -0.3 is 20.3 Å². The van der Waals surface area contributed by atoms with E-state index in [1.54, 1.807) is 0 Å². The Morgan fingerprint density at radius 1 is 1.07 bits per heavy atom. The van der Waals surface area contributed by atoms with Crippen LogP contribution in [0.4, 0.5) is 4.79 Å². The first kappa shape index (κ1) is 19.3. The van der Waals surface area contributed by atoms with E-state index < -0.39 is 18.1 Å². The fourth-order valence-corrected chi connectivity index (χ4v) is 3.98. The highest BCUT2D eigenvalue weighted by Crippen LogP contribution is 2.44. The van der Waals surface area contributed by atoms with Gasteiger partial charge in [-0.2, -0.15) is 11.8 Å². The second-order valence-corrected chi connectivity index (χ2v) is 7.31. The van der Waals surface area contributed by atoms with Gasteiger partial charge in [-0.3, -0.25) is 0 Å². The summed E-state index contributed by atoms with van der Waals surface area (Å²) in [7, 11) is 0. The number of benzene rings is 2. The number of ether oxygens (including phenoxy) is 1. The number of rotatable bonds is 8. The third kappa shape index (κ3) is 4.43. The topological polar surface area (TPSA) is 95.9 Å². The fourth-order valence-electron chi connectivity index (χ4n) is 3.22. The molecule has 0 aromatic heterocycles. The summed E-state index contributed by atoms with van der Waals surface area (Å²) >= 11 is 1.26. The number of carboxylic acid groups (broad SMARTS) is 1. The molecule has 142 valence electrons. The first-order valence-electron chi connectivity index (χ1n) is 8.64. The third-order valence-electron chi connectivity index (χ3n) is 4.45. The highest BCUT2D eigenvalue weighted by Gasteiger charge is 2.29. The molecular weight excluding hydrogens is 366 g/mol. The van der Waals surface area contributed by atoms with Crippen LogP contribution in [0.2, 0.25) is 0 Å². The lowest BCUT2D eigenvalue weighted by atomic mass is 9.98. The van der Waals surface area contributed by atoms with Crippen molar-refractivity contribution >= 4 is 23.8 Å². The van der Waals surface area contributed by atoms with Crippen molar-refractivity contribution in [3.63, 3.8) is 0 Å². The van der Waals surface area contributed by atoms with Crippen LogP contribution in [0.1, 0.15) is 17.0 Å². The first-order valence-corrected chi connectivity index (χ1v) is 9.80. The molecule has 1 aliphatic carbocycles. The molecule has 1 aliphatic rings. The second-order valence-electron chi connectivity index (χ2n) is 6.16.